The lowest BCUT2D eigenvalue weighted by molar-refractivity contribution is -0.113. The third-order valence-electron chi connectivity index (χ3n) is 3.02. The number of carbonyl (C=O) groups is 1. The lowest BCUT2D eigenvalue weighted by atomic mass is 10.2. The molecule has 1 amide bonds. The predicted molar refractivity (Wildman–Crippen MR) is 85.3 cm³/mol. The molecule has 0 saturated carbocycles. The molecule has 22 heavy (non-hydrogen) atoms. The number of carbonyl (C=O) groups excluding carboxylic acids is 1. The number of nitrogens with one attached hydrogen (secondary N) is 1. The molecule has 1 heterocycles. The van der Waals surface area contributed by atoms with Gasteiger partial charge in [0.25, 0.3) is 0 Å². The number of aromatic nitrogens is 3. The van der Waals surface area contributed by atoms with Gasteiger partial charge >= 0.3 is 0 Å². The van der Waals surface area contributed by atoms with Gasteiger partial charge in [-0.05, 0) is 24.6 Å². The molecule has 5 nitrogen and oxygen atoms in total. The van der Waals surface area contributed by atoms with Crippen LogP contribution in [0.4, 0.5) is 10.1 Å². The van der Waals surface area contributed by atoms with Crippen molar-refractivity contribution >= 4 is 23.4 Å². The number of nitrogens with zero attached hydrogens (tertiary/aromatic N) is 3. The summed E-state index contributed by atoms with van der Waals surface area (Å²) in [4.78, 5) is 11.9. The van der Waals surface area contributed by atoms with Crippen LogP contribution in [0.15, 0.2) is 35.7 Å². The Balaban J connectivity index is 1.82. The lowest BCUT2D eigenvalue weighted by Crippen LogP contribution is -2.14. The zero-order chi connectivity index (χ0) is 15.8. The number of hydrogen-bond donors (Lipinski definition) is 1. The van der Waals surface area contributed by atoms with Crippen molar-refractivity contribution in [3.8, 4) is 0 Å². The molecule has 0 saturated heterocycles. The van der Waals surface area contributed by atoms with Crippen LogP contribution in [0.5, 0.6) is 0 Å². The molecule has 0 atom stereocenters. The van der Waals surface area contributed by atoms with E-state index in [2.05, 4.69) is 22.4 Å². The Hall–Kier alpha value is -1.89. The molecule has 0 fully saturated rings. The first-order chi connectivity index (χ1) is 10.7. The van der Waals surface area contributed by atoms with Crippen LogP contribution in [-0.2, 0) is 11.3 Å². The number of unbranched alkanes of at least 4 members (excludes halogenated alkanes) is 2. The first-order valence-corrected chi connectivity index (χ1v) is 8.23. The SMILES string of the molecule is CCCCCn1cnnc1SCC(=O)Nc1cccc(F)c1. The van der Waals surface area contributed by atoms with E-state index in [4.69, 9.17) is 0 Å². The minimum Gasteiger partial charge on any atom is -0.325 e. The maximum atomic E-state index is 13.0. The van der Waals surface area contributed by atoms with E-state index in [1.807, 2.05) is 4.57 Å². The second-order valence-electron chi connectivity index (χ2n) is 4.86. The minimum atomic E-state index is -0.374. The maximum Gasteiger partial charge on any atom is 0.234 e. The van der Waals surface area contributed by atoms with E-state index in [0.717, 1.165) is 31.0 Å². The van der Waals surface area contributed by atoms with Crippen LogP contribution in [0, 0.1) is 5.82 Å². The molecule has 2 rings (SSSR count). The Morgan fingerprint density at radius 2 is 2.27 bits per heavy atom. The number of benzene rings is 1. The summed E-state index contributed by atoms with van der Waals surface area (Å²) < 4.78 is 15.0. The molecule has 0 aliphatic rings. The van der Waals surface area contributed by atoms with Crippen LogP contribution in [0.2, 0.25) is 0 Å². The van der Waals surface area contributed by atoms with Crippen LogP contribution in [0.1, 0.15) is 26.2 Å². The molecule has 0 radical (unpaired) electrons. The van der Waals surface area contributed by atoms with Crippen LogP contribution >= 0.6 is 11.8 Å². The van der Waals surface area contributed by atoms with E-state index in [9.17, 15) is 9.18 Å². The van der Waals surface area contributed by atoms with Gasteiger partial charge < -0.3 is 9.88 Å². The molecular weight excluding hydrogens is 303 g/mol. The predicted octanol–water partition coefficient (Wildman–Crippen LogP) is 3.34. The number of amides is 1. The molecule has 0 spiro atoms. The number of anilines is 1. The van der Waals surface area contributed by atoms with Gasteiger partial charge in [-0.2, -0.15) is 0 Å². The summed E-state index contributed by atoms with van der Waals surface area (Å²) in [6.07, 6.45) is 5.06. The van der Waals surface area contributed by atoms with Crippen molar-refractivity contribution < 1.29 is 9.18 Å². The summed E-state index contributed by atoms with van der Waals surface area (Å²) >= 11 is 1.33. The summed E-state index contributed by atoms with van der Waals surface area (Å²) in [5.74, 6) is -0.358. The van der Waals surface area contributed by atoms with Crippen molar-refractivity contribution in [3.05, 3.63) is 36.4 Å². The normalized spacial score (nSPS) is 10.6. The van der Waals surface area contributed by atoms with E-state index in [1.54, 1.807) is 18.5 Å². The zero-order valence-corrected chi connectivity index (χ0v) is 13.3. The molecule has 1 aromatic heterocycles. The summed E-state index contributed by atoms with van der Waals surface area (Å²) in [5, 5.41) is 11.3. The highest BCUT2D eigenvalue weighted by atomic mass is 32.2. The highest BCUT2D eigenvalue weighted by molar-refractivity contribution is 7.99. The molecule has 118 valence electrons. The van der Waals surface area contributed by atoms with Crippen molar-refractivity contribution in [3.63, 3.8) is 0 Å². The van der Waals surface area contributed by atoms with Gasteiger partial charge in [0.15, 0.2) is 5.16 Å². The Labute approximate surface area is 133 Å². The minimum absolute atomic E-state index is 0.196. The van der Waals surface area contributed by atoms with Crippen LogP contribution in [0.3, 0.4) is 0 Å². The van der Waals surface area contributed by atoms with Gasteiger partial charge in [0.2, 0.25) is 5.91 Å². The zero-order valence-electron chi connectivity index (χ0n) is 12.5. The molecule has 0 unspecified atom stereocenters. The second-order valence-corrected chi connectivity index (χ2v) is 5.80. The Morgan fingerprint density at radius 1 is 1.41 bits per heavy atom. The Bertz CT molecular complexity index is 617. The van der Waals surface area contributed by atoms with E-state index >= 15 is 0 Å². The molecule has 2 aromatic rings. The molecule has 0 bridgehead atoms. The fourth-order valence-corrected chi connectivity index (χ4v) is 2.68. The summed E-state index contributed by atoms with van der Waals surface area (Å²) in [5.41, 5.74) is 0.454. The molecule has 1 aromatic carbocycles. The molecule has 7 heteroatoms. The third-order valence-corrected chi connectivity index (χ3v) is 4.00. The summed E-state index contributed by atoms with van der Waals surface area (Å²) in [6, 6.07) is 5.83. The maximum absolute atomic E-state index is 13.0. The van der Waals surface area contributed by atoms with Crippen molar-refractivity contribution in [2.24, 2.45) is 0 Å². The van der Waals surface area contributed by atoms with E-state index in [0.29, 0.717) is 5.69 Å². The van der Waals surface area contributed by atoms with Crippen LogP contribution in [0.25, 0.3) is 0 Å². The van der Waals surface area contributed by atoms with Crippen molar-refractivity contribution in [2.45, 2.75) is 37.9 Å². The Morgan fingerprint density at radius 3 is 3.05 bits per heavy atom. The van der Waals surface area contributed by atoms with Crippen LogP contribution < -0.4 is 5.32 Å². The van der Waals surface area contributed by atoms with Gasteiger partial charge in [-0.15, -0.1) is 10.2 Å². The van der Waals surface area contributed by atoms with Crippen molar-refractivity contribution in [1.82, 2.24) is 14.8 Å². The number of thioether (sulfide) groups is 1. The number of rotatable bonds is 8. The van der Waals surface area contributed by atoms with Crippen LogP contribution in [-0.4, -0.2) is 26.4 Å². The molecule has 0 aliphatic carbocycles. The van der Waals surface area contributed by atoms with Crippen molar-refractivity contribution in [2.75, 3.05) is 11.1 Å². The standard InChI is InChI=1S/C15H19FN4OS/c1-2-3-4-8-20-11-17-19-15(20)22-10-14(21)18-13-7-5-6-12(16)9-13/h5-7,9,11H,2-4,8,10H2,1H3,(H,18,21). The monoisotopic (exact) mass is 322 g/mol. The number of halogens is 1. The van der Waals surface area contributed by atoms with E-state index < -0.39 is 0 Å². The van der Waals surface area contributed by atoms with Gasteiger partial charge in [0, 0.05) is 12.2 Å². The lowest BCUT2D eigenvalue weighted by Gasteiger charge is -2.07. The van der Waals surface area contributed by atoms with E-state index in [1.165, 1.54) is 23.9 Å². The highest BCUT2D eigenvalue weighted by Gasteiger charge is 2.09. The third kappa shape index (κ3) is 5.14. The average molecular weight is 322 g/mol. The van der Waals surface area contributed by atoms with Gasteiger partial charge in [0.05, 0.1) is 5.75 Å². The van der Waals surface area contributed by atoms with Gasteiger partial charge in [-0.3, -0.25) is 4.79 Å². The highest BCUT2D eigenvalue weighted by Crippen LogP contribution is 2.16. The fourth-order valence-electron chi connectivity index (χ4n) is 1.94. The largest absolute Gasteiger partial charge is 0.325 e. The summed E-state index contributed by atoms with van der Waals surface area (Å²) in [7, 11) is 0. The van der Waals surface area contributed by atoms with Gasteiger partial charge in [0.1, 0.15) is 12.1 Å². The van der Waals surface area contributed by atoms with Crippen molar-refractivity contribution in [1.29, 1.82) is 0 Å². The molecule has 0 aliphatic heterocycles. The topological polar surface area (TPSA) is 59.8 Å². The van der Waals surface area contributed by atoms with Gasteiger partial charge in [-0.1, -0.05) is 37.6 Å². The second kappa shape index (κ2) is 8.53. The van der Waals surface area contributed by atoms with Gasteiger partial charge in [-0.25, -0.2) is 4.39 Å². The summed E-state index contributed by atoms with van der Waals surface area (Å²) in [6.45, 7) is 3.01. The first-order valence-electron chi connectivity index (χ1n) is 7.25. The number of aryl methyl sites for hydroxylation is 1. The number of hydrogen-bond acceptors (Lipinski definition) is 4. The quantitative estimate of drug-likeness (QED) is 0.598. The van der Waals surface area contributed by atoms with E-state index in [-0.39, 0.29) is 17.5 Å². The molecule has 1 N–H and O–H groups in total. The molecular formula is C15H19FN4OS. The smallest absolute Gasteiger partial charge is 0.234 e. The fraction of sp³-hybridized carbons (Fsp3) is 0.400. The average Bonchev–Trinajstić information content (AvgIpc) is 2.93. The Kier molecular flexibility index (Phi) is 6.39. The first kappa shape index (κ1) is 16.5.